The monoisotopic (exact) mass is 355 g/mol. The molecule has 1 aliphatic rings. The standard InChI is InChI=1S/C18H21N5OS/c1-12-10-15(22(2)21-12)17(24)19-13-6-5-9-23(11-13)18-20-14-7-3-4-8-16(14)25-18/h3-4,7-8,10,13H,5-6,9,11H2,1-2H3,(H,19,24). The fraction of sp³-hybridized carbons (Fsp3) is 0.389. The number of para-hydroxylation sites is 1. The molecule has 1 saturated heterocycles. The van der Waals surface area contributed by atoms with Gasteiger partial charge < -0.3 is 10.2 Å². The van der Waals surface area contributed by atoms with Gasteiger partial charge in [-0.25, -0.2) is 4.98 Å². The van der Waals surface area contributed by atoms with Crippen LogP contribution in [0.1, 0.15) is 29.0 Å². The van der Waals surface area contributed by atoms with E-state index in [0.29, 0.717) is 5.69 Å². The minimum Gasteiger partial charge on any atom is -0.346 e. The van der Waals surface area contributed by atoms with Gasteiger partial charge in [0.05, 0.1) is 15.9 Å². The van der Waals surface area contributed by atoms with Crippen molar-refractivity contribution in [2.45, 2.75) is 25.8 Å². The Kier molecular flexibility index (Phi) is 4.17. The maximum atomic E-state index is 12.5. The van der Waals surface area contributed by atoms with Crippen molar-refractivity contribution in [3.8, 4) is 0 Å². The first-order valence-electron chi connectivity index (χ1n) is 8.52. The molecule has 1 atom stereocenters. The highest BCUT2D eigenvalue weighted by atomic mass is 32.1. The van der Waals surface area contributed by atoms with E-state index in [1.807, 2.05) is 31.2 Å². The number of anilines is 1. The second kappa shape index (κ2) is 6.48. The van der Waals surface area contributed by atoms with Crippen molar-refractivity contribution >= 4 is 32.6 Å². The predicted molar refractivity (Wildman–Crippen MR) is 100 cm³/mol. The highest BCUT2D eigenvalue weighted by Crippen LogP contribution is 2.30. The van der Waals surface area contributed by atoms with Gasteiger partial charge in [0.1, 0.15) is 5.69 Å². The van der Waals surface area contributed by atoms with Crippen LogP contribution in [0.4, 0.5) is 5.13 Å². The van der Waals surface area contributed by atoms with Crippen molar-refractivity contribution in [3.63, 3.8) is 0 Å². The van der Waals surface area contributed by atoms with Gasteiger partial charge in [0.25, 0.3) is 5.91 Å². The number of amides is 1. The highest BCUT2D eigenvalue weighted by Gasteiger charge is 2.25. The molecule has 0 saturated carbocycles. The van der Waals surface area contributed by atoms with Crippen LogP contribution in [-0.4, -0.2) is 39.8 Å². The van der Waals surface area contributed by atoms with Gasteiger partial charge in [-0.1, -0.05) is 23.5 Å². The molecule has 1 amide bonds. The van der Waals surface area contributed by atoms with E-state index in [-0.39, 0.29) is 11.9 Å². The summed E-state index contributed by atoms with van der Waals surface area (Å²) < 4.78 is 2.84. The first-order valence-corrected chi connectivity index (χ1v) is 9.34. The van der Waals surface area contributed by atoms with Crippen LogP contribution in [0, 0.1) is 6.92 Å². The minimum atomic E-state index is -0.0563. The number of hydrogen-bond donors (Lipinski definition) is 1. The average molecular weight is 355 g/mol. The second-order valence-electron chi connectivity index (χ2n) is 6.52. The third-order valence-electron chi connectivity index (χ3n) is 4.54. The molecule has 6 nitrogen and oxygen atoms in total. The summed E-state index contributed by atoms with van der Waals surface area (Å²) in [4.78, 5) is 19.6. The highest BCUT2D eigenvalue weighted by molar-refractivity contribution is 7.22. The van der Waals surface area contributed by atoms with Crippen molar-refractivity contribution in [2.75, 3.05) is 18.0 Å². The fourth-order valence-electron chi connectivity index (χ4n) is 3.35. The zero-order chi connectivity index (χ0) is 17.4. The van der Waals surface area contributed by atoms with E-state index in [0.717, 1.165) is 42.3 Å². The van der Waals surface area contributed by atoms with Gasteiger partial charge in [-0.3, -0.25) is 9.48 Å². The maximum Gasteiger partial charge on any atom is 0.269 e. The number of carbonyl (C=O) groups excluding carboxylic acids is 1. The van der Waals surface area contributed by atoms with Gasteiger partial charge in [-0.2, -0.15) is 5.10 Å². The number of hydrogen-bond acceptors (Lipinski definition) is 5. The molecule has 3 aromatic rings. The normalized spacial score (nSPS) is 17.8. The number of rotatable bonds is 3. The molecular formula is C18H21N5OS. The smallest absolute Gasteiger partial charge is 0.269 e. The molecule has 0 spiro atoms. The minimum absolute atomic E-state index is 0.0563. The van der Waals surface area contributed by atoms with E-state index >= 15 is 0 Å². The Hall–Kier alpha value is -2.41. The Balaban J connectivity index is 1.47. The van der Waals surface area contributed by atoms with Gasteiger partial charge >= 0.3 is 0 Å². The molecule has 7 heteroatoms. The predicted octanol–water partition coefficient (Wildman–Crippen LogP) is 2.74. The Bertz CT molecular complexity index is 882. The summed E-state index contributed by atoms with van der Waals surface area (Å²) in [5.74, 6) is -0.0563. The van der Waals surface area contributed by atoms with Gasteiger partial charge in [0.2, 0.25) is 0 Å². The number of nitrogens with one attached hydrogen (secondary N) is 1. The van der Waals surface area contributed by atoms with E-state index in [1.54, 1.807) is 23.1 Å². The Morgan fingerprint density at radius 2 is 2.20 bits per heavy atom. The van der Waals surface area contributed by atoms with Crippen molar-refractivity contribution in [1.29, 1.82) is 0 Å². The average Bonchev–Trinajstić information content (AvgIpc) is 3.18. The summed E-state index contributed by atoms with van der Waals surface area (Å²) in [6, 6.07) is 10.2. The van der Waals surface area contributed by atoms with E-state index < -0.39 is 0 Å². The summed E-state index contributed by atoms with van der Waals surface area (Å²) in [6.07, 6.45) is 2.04. The fourth-order valence-corrected chi connectivity index (χ4v) is 4.35. The number of aromatic nitrogens is 3. The van der Waals surface area contributed by atoms with Crippen LogP contribution in [0.5, 0.6) is 0 Å². The van der Waals surface area contributed by atoms with Gasteiger partial charge in [0, 0.05) is 26.2 Å². The molecular weight excluding hydrogens is 334 g/mol. The van der Waals surface area contributed by atoms with Crippen LogP contribution in [0.25, 0.3) is 10.2 Å². The number of piperidine rings is 1. The number of nitrogens with zero attached hydrogens (tertiary/aromatic N) is 4. The van der Waals surface area contributed by atoms with Crippen LogP contribution in [0.3, 0.4) is 0 Å². The van der Waals surface area contributed by atoms with Crippen LogP contribution in [-0.2, 0) is 7.05 Å². The third-order valence-corrected chi connectivity index (χ3v) is 5.64. The van der Waals surface area contributed by atoms with Crippen molar-refractivity contribution < 1.29 is 4.79 Å². The topological polar surface area (TPSA) is 63.1 Å². The summed E-state index contributed by atoms with van der Waals surface area (Å²) in [6.45, 7) is 3.67. The molecule has 130 valence electrons. The van der Waals surface area contributed by atoms with Crippen molar-refractivity contribution in [3.05, 3.63) is 41.7 Å². The molecule has 1 N–H and O–H groups in total. The third kappa shape index (κ3) is 3.24. The molecule has 4 rings (SSSR count). The van der Waals surface area contributed by atoms with Crippen LogP contribution in [0.15, 0.2) is 30.3 Å². The molecule has 1 fully saturated rings. The molecule has 1 aliphatic heterocycles. The van der Waals surface area contributed by atoms with Crippen molar-refractivity contribution in [1.82, 2.24) is 20.1 Å². The van der Waals surface area contributed by atoms with E-state index in [2.05, 4.69) is 21.4 Å². The zero-order valence-electron chi connectivity index (χ0n) is 14.4. The molecule has 0 radical (unpaired) electrons. The lowest BCUT2D eigenvalue weighted by atomic mass is 10.1. The summed E-state index contributed by atoms with van der Waals surface area (Å²) in [7, 11) is 1.80. The summed E-state index contributed by atoms with van der Waals surface area (Å²) >= 11 is 1.71. The zero-order valence-corrected chi connectivity index (χ0v) is 15.2. The first-order chi connectivity index (χ1) is 12.1. The van der Waals surface area contributed by atoms with Gasteiger partial charge in [-0.15, -0.1) is 0 Å². The van der Waals surface area contributed by atoms with Gasteiger partial charge in [0.15, 0.2) is 5.13 Å². The second-order valence-corrected chi connectivity index (χ2v) is 7.53. The molecule has 0 aliphatic carbocycles. The lowest BCUT2D eigenvalue weighted by Crippen LogP contribution is -2.48. The lowest BCUT2D eigenvalue weighted by molar-refractivity contribution is 0.0923. The number of aryl methyl sites for hydroxylation is 2. The Labute approximate surface area is 150 Å². The first kappa shape index (κ1) is 16.1. The maximum absolute atomic E-state index is 12.5. The lowest BCUT2D eigenvalue weighted by Gasteiger charge is -2.32. The number of fused-ring (bicyclic) bond motifs is 1. The summed E-state index contributed by atoms with van der Waals surface area (Å²) in [5, 5.41) is 8.45. The van der Waals surface area contributed by atoms with Crippen LogP contribution in [0.2, 0.25) is 0 Å². The number of thiazole rings is 1. The van der Waals surface area contributed by atoms with Crippen LogP contribution >= 0.6 is 11.3 Å². The molecule has 3 heterocycles. The largest absolute Gasteiger partial charge is 0.346 e. The molecule has 1 unspecified atom stereocenters. The molecule has 2 aromatic heterocycles. The van der Waals surface area contributed by atoms with E-state index in [9.17, 15) is 4.79 Å². The number of benzene rings is 1. The Morgan fingerprint density at radius 1 is 1.36 bits per heavy atom. The number of carbonyl (C=O) groups is 1. The van der Waals surface area contributed by atoms with E-state index in [1.165, 1.54) is 4.70 Å². The van der Waals surface area contributed by atoms with Gasteiger partial charge in [-0.05, 0) is 38.0 Å². The van der Waals surface area contributed by atoms with E-state index in [4.69, 9.17) is 4.98 Å². The Morgan fingerprint density at radius 3 is 2.96 bits per heavy atom. The molecule has 0 bridgehead atoms. The summed E-state index contributed by atoms with van der Waals surface area (Å²) in [5.41, 5.74) is 2.50. The van der Waals surface area contributed by atoms with Crippen molar-refractivity contribution in [2.24, 2.45) is 7.05 Å². The quantitative estimate of drug-likeness (QED) is 0.785. The molecule has 25 heavy (non-hydrogen) atoms. The SMILES string of the molecule is Cc1cc(C(=O)NC2CCCN(c3nc4ccccc4s3)C2)n(C)n1. The van der Waals surface area contributed by atoms with Crippen LogP contribution < -0.4 is 10.2 Å². The molecule has 1 aromatic carbocycles.